The van der Waals surface area contributed by atoms with Crippen molar-refractivity contribution in [1.82, 2.24) is 30.4 Å². The number of carbonyl (C=O) groups excluding carboxylic acids is 6. The van der Waals surface area contributed by atoms with E-state index in [1.54, 1.807) is 57.2 Å². The maximum absolute atomic E-state index is 15.4. The minimum atomic E-state index is -2.06. The summed E-state index contributed by atoms with van der Waals surface area (Å²) in [5, 5.41) is 20.1. The third-order valence-corrected chi connectivity index (χ3v) is 11.8. The summed E-state index contributed by atoms with van der Waals surface area (Å²) in [5.41, 5.74) is 12.7. The monoisotopic (exact) mass is 838 g/mol. The average molecular weight is 839 g/mol. The molecule has 0 radical (unpaired) electrons. The molecule has 61 heavy (non-hydrogen) atoms. The van der Waals surface area contributed by atoms with Gasteiger partial charge in [0.15, 0.2) is 5.60 Å². The zero-order valence-electron chi connectivity index (χ0n) is 33.9. The van der Waals surface area contributed by atoms with E-state index in [1.807, 2.05) is 0 Å². The number of rotatable bonds is 14. The topological polar surface area (TPSA) is 258 Å². The Morgan fingerprint density at radius 2 is 1.84 bits per heavy atom. The molecule has 2 aromatic carbocycles. The molecule has 0 spiro atoms. The third-order valence-electron chi connectivity index (χ3n) is 11.8. The van der Waals surface area contributed by atoms with E-state index in [9.17, 15) is 38.7 Å². The van der Waals surface area contributed by atoms with E-state index in [1.165, 1.54) is 10.6 Å². The van der Waals surface area contributed by atoms with Crippen molar-refractivity contribution >= 4 is 46.4 Å². The first kappa shape index (κ1) is 42.6. The Labute approximate surface area is 349 Å². The summed E-state index contributed by atoms with van der Waals surface area (Å²) < 4.78 is 22.1. The molecule has 5 amide bonds. The highest BCUT2D eigenvalue weighted by atomic mass is 19.1. The van der Waals surface area contributed by atoms with Crippen LogP contribution in [0.1, 0.15) is 71.7 Å². The molecular formula is C43H47FN8O9. The van der Waals surface area contributed by atoms with Crippen LogP contribution in [0.4, 0.5) is 4.39 Å². The SMILES string of the molecule is CC[C@@]1(O)C(=O)OCc2c1cc1n(c2=O)Cc2c-1nc1cc(F)c(C)c3c1c2[C@@H](NC(=O)[C@@H](C)CN(CC(N)=O)C(=O)[C@H](Cc1ccccc1)NC(=O)CNC(=O)CN)CC3. The zero-order valence-corrected chi connectivity index (χ0v) is 33.9. The van der Waals surface area contributed by atoms with Crippen LogP contribution in [-0.2, 0) is 65.1 Å². The largest absolute Gasteiger partial charge is 0.458 e. The van der Waals surface area contributed by atoms with E-state index in [4.69, 9.17) is 21.2 Å². The van der Waals surface area contributed by atoms with E-state index in [0.717, 1.165) is 4.90 Å². The number of aryl methyl sites for hydroxylation is 1. The van der Waals surface area contributed by atoms with Crippen molar-refractivity contribution in [3.8, 4) is 11.4 Å². The number of nitrogens with zero attached hydrogens (tertiary/aromatic N) is 3. The summed E-state index contributed by atoms with van der Waals surface area (Å²) in [7, 11) is 0. The fraction of sp³-hybridized carbons (Fsp3) is 0.395. The molecule has 0 fully saturated rings. The van der Waals surface area contributed by atoms with Crippen molar-refractivity contribution < 1.29 is 43.0 Å². The summed E-state index contributed by atoms with van der Waals surface area (Å²) in [6.07, 6.45) is 0.698. The molecule has 7 rings (SSSR count). The number of amides is 5. The number of pyridine rings is 2. The Bertz CT molecular complexity index is 2560. The van der Waals surface area contributed by atoms with Gasteiger partial charge in [0, 0.05) is 35.5 Å². The maximum Gasteiger partial charge on any atom is 0.343 e. The van der Waals surface area contributed by atoms with Crippen LogP contribution in [-0.4, -0.2) is 87.3 Å². The maximum atomic E-state index is 15.4. The molecule has 2 aromatic heterocycles. The average Bonchev–Trinajstić information content (AvgIpc) is 3.61. The number of ether oxygens (including phenoxy) is 1. The molecule has 320 valence electrons. The highest BCUT2D eigenvalue weighted by Crippen LogP contribution is 2.46. The number of primary amides is 1. The lowest BCUT2D eigenvalue weighted by molar-refractivity contribution is -0.172. The second kappa shape index (κ2) is 16.8. The number of cyclic esters (lactones) is 1. The van der Waals surface area contributed by atoms with Crippen molar-refractivity contribution in [3.05, 3.63) is 97.6 Å². The van der Waals surface area contributed by atoms with E-state index in [2.05, 4.69) is 16.0 Å². The zero-order chi connectivity index (χ0) is 43.9. The van der Waals surface area contributed by atoms with Crippen molar-refractivity contribution in [2.75, 3.05) is 26.2 Å². The molecule has 3 aliphatic rings. The lowest BCUT2D eigenvalue weighted by Crippen LogP contribution is -2.54. The van der Waals surface area contributed by atoms with Gasteiger partial charge < -0.3 is 46.7 Å². The van der Waals surface area contributed by atoms with Gasteiger partial charge in [-0.2, -0.15) is 0 Å². The van der Waals surface area contributed by atoms with Crippen LogP contribution in [0.5, 0.6) is 0 Å². The van der Waals surface area contributed by atoms with Crippen LogP contribution in [0.15, 0.2) is 47.3 Å². The summed E-state index contributed by atoms with van der Waals surface area (Å²) in [5.74, 6) is -5.57. The number of benzene rings is 2. The van der Waals surface area contributed by atoms with Crippen molar-refractivity contribution in [1.29, 1.82) is 0 Å². The first-order chi connectivity index (χ1) is 29.1. The van der Waals surface area contributed by atoms with Gasteiger partial charge in [0.1, 0.15) is 18.5 Å². The van der Waals surface area contributed by atoms with Crippen molar-refractivity contribution in [3.63, 3.8) is 0 Å². The second-order valence-corrected chi connectivity index (χ2v) is 15.8. The molecular weight excluding hydrogens is 792 g/mol. The number of aliphatic hydroxyl groups is 1. The van der Waals surface area contributed by atoms with Gasteiger partial charge in [0.2, 0.25) is 29.5 Å². The Kier molecular flexibility index (Phi) is 11.8. The van der Waals surface area contributed by atoms with Gasteiger partial charge in [-0.3, -0.25) is 28.8 Å². The van der Waals surface area contributed by atoms with Gasteiger partial charge in [0.25, 0.3) is 5.56 Å². The number of hydrogen-bond acceptors (Lipinski definition) is 11. The number of halogens is 1. The smallest absolute Gasteiger partial charge is 0.343 e. The lowest BCUT2D eigenvalue weighted by Gasteiger charge is -2.32. The van der Waals surface area contributed by atoms with Crippen LogP contribution >= 0.6 is 0 Å². The summed E-state index contributed by atoms with van der Waals surface area (Å²) >= 11 is 0. The standard InChI is InChI=1S/C43H47FN8O9/c1-4-43(60)27-13-32-38-25(18-52(32)40(57)26(27)20-61-42(43)59)37-29(11-10-24-22(3)28(44)14-30(49-38)36(24)37)50-39(56)21(2)17-51(19-33(46)53)41(58)31(12-23-8-6-5-7-9-23)48-35(55)16-47-34(54)15-45/h5-9,13-14,21,29,31,60H,4,10-12,15-20,45H2,1-3H3,(H2,46,53)(H,47,54)(H,48,55)(H,50,56)/t21-,29-,31-,43-/m0/s1. The summed E-state index contributed by atoms with van der Waals surface area (Å²) in [6, 6.07) is 9.81. The van der Waals surface area contributed by atoms with E-state index < -0.39 is 83.6 Å². The molecule has 2 aliphatic heterocycles. The van der Waals surface area contributed by atoms with Gasteiger partial charge in [-0.25, -0.2) is 14.2 Å². The number of carbonyl (C=O) groups is 6. The Hall–Kier alpha value is -6.53. The fourth-order valence-electron chi connectivity index (χ4n) is 8.61. The third kappa shape index (κ3) is 7.95. The first-order valence-electron chi connectivity index (χ1n) is 20.0. The predicted octanol–water partition coefficient (Wildman–Crippen LogP) is 0.383. The Balaban J connectivity index is 1.20. The Morgan fingerprint density at radius 1 is 1.10 bits per heavy atom. The fourth-order valence-corrected chi connectivity index (χ4v) is 8.61. The van der Waals surface area contributed by atoms with E-state index in [0.29, 0.717) is 62.9 Å². The first-order valence-corrected chi connectivity index (χ1v) is 20.0. The number of fused-ring (bicyclic) bond motifs is 5. The molecule has 0 saturated carbocycles. The number of nitrogens with one attached hydrogen (secondary N) is 3. The van der Waals surface area contributed by atoms with E-state index in [-0.39, 0.29) is 50.2 Å². The van der Waals surface area contributed by atoms with Crippen LogP contribution in [0.3, 0.4) is 0 Å². The summed E-state index contributed by atoms with van der Waals surface area (Å²) in [6.45, 7) is 2.93. The minimum Gasteiger partial charge on any atom is -0.458 e. The van der Waals surface area contributed by atoms with Crippen LogP contribution in [0.25, 0.3) is 22.3 Å². The summed E-state index contributed by atoms with van der Waals surface area (Å²) in [4.78, 5) is 98.1. The molecule has 0 saturated heterocycles. The van der Waals surface area contributed by atoms with Gasteiger partial charge >= 0.3 is 5.97 Å². The molecule has 8 N–H and O–H groups in total. The van der Waals surface area contributed by atoms with Gasteiger partial charge in [-0.1, -0.05) is 44.2 Å². The molecule has 1 aliphatic carbocycles. The normalized spacial score (nSPS) is 18.2. The highest BCUT2D eigenvalue weighted by Gasteiger charge is 2.46. The van der Waals surface area contributed by atoms with Crippen molar-refractivity contribution in [2.45, 2.75) is 77.3 Å². The lowest BCUT2D eigenvalue weighted by atomic mass is 9.81. The quantitative estimate of drug-likeness (QED) is 0.0834. The van der Waals surface area contributed by atoms with Gasteiger partial charge in [-0.05, 0) is 54.5 Å². The second-order valence-electron chi connectivity index (χ2n) is 15.8. The number of esters is 1. The molecule has 18 heteroatoms. The predicted molar refractivity (Wildman–Crippen MR) is 218 cm³/mol. The van der Waals surface area contributed by atoms with Crippen LogP contribution in [0.2, 0.25) is 0 Å². The molecule has 4 heterocycles. The minimum absolute atomic E-state index is 0.0201. The van der Waals surface area contributed by atoms with Crippen molar-refractivity contribution in [2.24, 2.45) is 17.4 Å². The van der Waals surface area contributed by atoms with Gasteiger partial charge in [-0.15, -0.1) is 0 Å². The highest BCUT2D eigenvalue weighted by molar-refractivity contribution is 5.95. The Morgan fingerprint density at radius 3 is 2.52 bits per heavy atom. The number of nitrogens with two attached hydrogens (primary N) is 2. The molecule has 4 aromatic rings. The van der Waals surface area contributed by atoms with Gasteiger partial charge in [0.05, 0.1) is 60.6 Å². The van der Waals surface area contributed by atoms with Crippen LogP contribution < -0.4 is 33.0 Å². The molecule has 0 unspecified atom stereocenters. The number of aromatic nitrogens is 2. The van der Waals surface area contributed by atoms with E-state index >= 15 is 4.39 Å². The van der Waals surface area contributed by atoms with Crippen LogP contribution in [0, 0.1) is 18.7 Å². The molecule has 4 atom stereocenters. The molecule has 17 nitrogen and oxygen atoms in total. The molecule has 0 bridgehead atoms. The number of hydrogen-bond donors (Lipinski definition) is 6.